The molecule has 0 aromatic heterocycles. The molecule has 0 aromatic carbocycles. The van der Waals surface area contributed by atoms with E-state index in [1.54, 1.807) is 0 Å². The number of ether oxygens (including phenoxy) is 1. The van der Waals surface area contributed by atoms with E-state index >= 15 is 0 Å². The zero-order valence-electron chi connectivity index (χ0n) is 12.6. The van der Waals surface area contributed by atoms with Crippen LogP contribution in [0.3, 0.4) is 0 Å². The van der Waals surface area contributed by atoms with Crippen LogP contribution in [-0.4, -0.2) is 38.4 Å². The topological polar surface area (TPSA) is 33.3 Å². The minimum absolute atomic E-state index is 0.514. The molecular formula is C16H32N2O. The second-order valence-corrected chi connectivity index (χ2v) is 6.44. The van der Waals surface area contributed by atoms with Gasteiger partial charge in [-0.15, -0.1) is 0 Å². The molecule has 1 heterocycles. The Morgan fingerprint density at radius 2 is 1.89 bits per heavy atom. The van der Waals surface area contributed by atoms with Gasteiger partial charge in [0.25, 0.3) is 0 Å². The molecule has 2 rings (SSSR count). The number of nitrogens with one attached hydrogen (secondary N) is 2. The van der Waals surface area contributed by atoms with Gasteiger partial charge in [0, 0.05) is 12.6 Å². The van der Waals surface area contributed by atoms with Crippen LogP contribution in [0.15, 0.2) is 0 Å². The van der Waals surface area contributed by atoms with Crippen molar-refractivity contribution in [3.8, 4) is 0 Å². The molecule has 2 fully saturated rings. The Labute approximate surface area is 118 Å². The molecule has 19 heavy (non-hydrogen) atoms. The molecule has 0 aromatic rings. The van der Waals surface area contributed by atoms with E-state index in [1.165, 1.54) is 44.9 Å². The summed E-state index contributed by atoms with van der Waals surface area (Å²) < 4.78 is 5.93. The van der Waals surface area contributed by atoms with Crippen LogP contribution in [0.5, 0.6) is 0 Å². The second-order valence-electron chi connectivity index (χ2n) is 6.44. The highest BCUT2D eigenvalue weighted by Crippen LogP contribution is 2.22. The number of hydrogen-bond donors (Lipinski definition) is 2. The van der Waals surface area contributed by atoms with Crippen LogP contribution in [0, 0.1) is 5.92 Å². The summed E-state index contributed by atoms with van der Waals surface area (Å²) in [6.45, 7) is 6.71. The van der Waals surface area contributed by atoms with Gasteiger partial charge in [0.1, 0.15) is 0 Å². The van der Waals surface area contributed by atoms with E-state index in [-0.39, 0.29) is 0 Å². The molecule has 0 radical (unpaired) electrons. The smallest absolute Gasteiger partial charge is 0.0599 e. The van der Waals surface area contributed by atoms with Gasteiger partial charge in [-0.05, 0) is 64.1 Å². The predicted molar refractivity (Wildman–Crippen MR) is 80.5 cm³/mol. The van der Waals surface area contributed by atoms with Crippen molar-refractivity contribution in [3.63, 3.8) is 0 Å². The largest absolute Gasteiger partial charge is 0.378 e. The Kier molecular flexibility index (Phi) is 7.18. The monoisotopic (exact) mass is 268 g/mol. The van der Waals surface area contributed by atoms with Crippen molar-refractivity contribution in [1.29, 1.82) is 0 Å². The summed E-state index contributed by atoms with van der Waals surface area (Å²) in [6, 6.07) is 0.767. The molecule has 1 saturated carbocycles. The minimum atomic E-state index is 0.514. The van der Waals surface area contributed by atoms with Gasteiger partial charge < -0.3 is 15.4 Å². The van der Waals surface area contributed by atoms with Crippen molar-refractivity contribution >= 4 is 0 Å². The quantitative estimate of drug-likeness (QED) is 0.574. The molecule has 0 spiro atoms. The van der Waals surface area contributed by atoms with Crippen molar-refractivity contribution < 1.29 is 4.74 Å². The molecule has 0 bridgehead atoms. The maximum Gasteiger partial charge on any atom is 0.0599 e. The summed E-state index contributed by atoms with van der Waals surface area (Å²) in [5.74, 6) is 0.940. The van der Waals surface area contributed by atoms with Crippen LogP contribution < -0.4 is 10.6 Å². The van der Waals surface area contributed by atoms with Gasteiger partial charge in [-0.3, -0.25) is 0 Å². The third-order valence-electron chi connectivity index (χ3n) is 4.65. The Balaban J connectivity index is 1.47. The van der Waals surface area contributed by atoms with E-state index in [0.29, 0.717) is 6.10 Å². The van der Waals surface area contributed by atoms with Gasteiger partial charge in [0.05, 0.1) is 6.10 Å². The van der Waals surface area contributed by atoms with Gasteiger partial charge in [-0.1, -0.05) is 19.8 Å². The summed E-state index contributed by atoms with van der Waals surface area (Å²) in [5.41, 5.74) is 0. The second kappa shape index (κ2) is 8.93. The summed E-state index contributed by atoms with van der Waals surface area (Å²) in [4.78, 5) is 0. The van der Waals surface area contributed by atoms with E-state index in [0.717, 1.165) is 44.6 Å². The van der Waals surface area contributed by atoms with Crippen LogP contribution in [0.2, 0.25) is 0 Å². The lowest BCUT2D eigenvalue weighted by Gasteiger charge is -2.23. The summed E-state index contributed by atoms with van der Waals surface area (Å²) in [5, 5.41) is 7.10. The van der Waals surface area contributed by atoms with Gasteiger partial charge in [0.15, 0.2) is 0 Å². The Morgan fingerprint density at radius 3 is 2.74 bits per heavy atom. The highest BCUT2D eigenvalue weighted by molar-refractivity contribution is 4.73. The summed E-state index contributed by atoms with van der Waals surface area (Å²) >= 11 is 0. The number of hydrogen-bond acceptors (Lipinski definition) is 3. The van der Waals surface area contributed by atoms with Crippen molar-refractivity contribution in [3.05, 3.63) is 0 Å². The standard InChI is InChI=1S/C16H32N2O/c1-14-4-2-5-15(7-6-14)18-10-3-13-19-16-8-11-17-12-9-16/h14-18H,2-13H2,1H3. The first-order chi connectivity index (χ1) is 9.34. The highest BCUT2D eigenvalue weighted by atomic mass is 16.5. The van der Waals surface area contributed by atoms with Gasteiger partial charge in [-0.25, -0.2) is 0 Å². The number of rotatable bonds is 6. The third kappa shape index (κ3) is 6.24. The predicted octanol–water partition coefficient (Wildman–Crippen LogP) is 2.70. The van der Waals surface area contributed by atoms with E-state index in [9.17, 15) is 0 Å². The van der Waals surface area contributed by atoms with E-state index in [4.69, 9.17) is 4.74 Å². The van der Waals surface area contributed by atoms with Crippen LogP contribution in [0.25, 0.3) is 0 Å². The molecule has 2 aliphatic rings. The average Bonchev–Trinajstić information content (AvgIpc) is 2.64. The van der Waals surface area contributed by atoms with Crippen molar-refractivity contribution in [2.45, 2.75) is 70.4 Å². The van der Waals surface area contributed by atoms with Crippen LogP contribution in [-0.2, 0) is 4.74 Å². The molecule has 3 nitrogen and oxygen atoms in total. The average molecular weight is 268 g/mol. The van der Waals surface area contributed by atoms with Crippen LogP contribution in [0.4, 0.5) is 0 Å². The summed E-state index contributed by atoms with van der Waals surface area (Å²) in [6.07, 6.45) is 11.0. The van der Waals surface area contributed by atoms with Gasteiger partial charge in [-0.2, -0.15) is 0 Å². The van der Waals surface area contributed by atoms with Gasteiger partial charge >= 0.3 is 0 Å². The maximum absolute atomic E-state index is 5.93. The first-order valence-corrected chi connectivity index (χ1v) is 8.40. The molecule has 1 saturated heterocycles. The molecule has 2 atom stereocenters. The van der Waals surface area contributed by atoms with Crippen LogP contribution in [0.1, 0.15) is 58.3 Å². The van der Waals surface area contributed by atoms with Crippen LogP contribution >= 0.6 is 0 Å². The molecule has 1 aliphatic carbocycles. The first-order valence-electron chi connectivity index (χ1n) is 8.40. The fraction of sp³-hybridized carbons (Fsp3) is 1.00. The van der Waals surface area contributed by atoms with Gasteiger partial charge in [0.2, 0.25) is 0 Å². The summed E-state index contributed by atoms with van der Waals surface area (Å²) in [7, 11) is 0. The molecule has 1 aliphatic heterocycles. The molecule has 3 heteroatoms. The Hall–Kier alpha value is -0.120. The lowest BCUT2D eigenvalue weighted by Crippen LogP contribution is -2.33. The molecule has 0 amide bonds. The molecular weight excluding hydrogens is 236 g/mol. The zero-order valence-corrected chi connectivity index (χ0v) is 12.6. The fourth-order valence-electron chi connectivity index (χ4n) is 3.28. The third-order valence-corrected chi connectivity index (χ3v) is 4.65. The van der Waals surface area contributed by atoms with Crippen molar-refractivity contribution in [2.75, 3.05) is 26.2 Å². The minimum Gasteiger partial charge on any atom is -0.378 e. The lowest BCUT2D eigenvalue weighted by molar-refractivity contribution is 0.0315. The molecule has 2 unspecified atom stereocenters. The fourth-order valence-corrected chi connectivity index (χ4v) is 3.28. The van der Waals surface area contributed by atoms with Crippen molar-refractivity contribution in [2.24, 2.45) is 5.92 Å². The SMILES string of the molecule is CC1CCCC(NCCCOC2CCNCC2)CC1. The van der Waals surface area contributed by atoms with E-state index in [1.807, 2.05) is 0 Å². The zero-order chi connectivity index (χ0) is 13.3. The lowest BCUT2D eigenvalue weighted by atomic mass is 10.0. The van der Waals surface area contributed by atoms with E-state index in [2.05, 4.69) is 17.6 Å². The first kappa shape index (κ1) is 15.3. The maximum atomic E-state index is 5.93. The number of piperidine rings is 1. The normalized spacial score (nSPS) is 30.2. The highest BCUT2D eigenvalue weighted by Gasteiger charge is 2.15. The Bertz CT molecular complexity index is 229. The molecule has 112 valence electrons. The van der Waals surface area contributed by atoms with Crippen molar-refractivity contribution in [1.82, 2.24) is 10.6 Å². The Morgan fingerprint density at radius 1 is 1.05 bits per heavy atom. The molecule has 2 N–H and O–H groups in total. The van der Waals surface area contributed by atoms with E-state index < -0.39 is 0 Å².